The molecule has 4 rings (SSSR count). The lowest BCUT2D eigenvalue weighted by Gasteiger charge is -2.42. The van der Waals surface area contributed by atoms with Crippen molar-refractivity contribution in [3.8, 4) is 17.2 Å². The Labute approximate surface area is 179 Å². The first-order valence-electron chi connectivity index (χ1n) is 10.8. The number of rotatable bonds is 6. The van der Waals surface area contributed by atoms with Gasteiger partial charge in [0.1, 0.15) is 17.2 Å². The largest absolute Gasteiger partial charge is 0.484 e. The Morgan fingerprint density at radius 3 is 2.10 bits per heavy atom. The maximum Gasteiger partial charge on any atom is 0.260 e. The van der Waals surface area contributed by atoms with E-state index in [1.807, 2.05) is 59.5 Å². The summed E-state index contributed by atoms with van der Waals surface area (Å²) in [6.07, 6.45) is 2.11. The molecule has 2 saturated heterocycles. The van der Waals surface area contributed by atoms with Crippen LogP contribution in [0.15, 0.2) is 54.6 Å². The van der Waals surface area contributed by atoms with Crippen molar-refractivity contribution in [1.29, 1.82) is 0 Å². The first kappa shape index (κ1) is 20.7. The van der Waals surface area contributed by atoms with Gasteiger partial charge in [-0.1, -0.05) is 18.2 Å². The number of likely N-dealkylation sites (N-methyl/N-ethyl adjacent to an activating group) is 1. The van der Waals surface area contributed by atoms with Crippen molar-refractivity contribution in [1.82, 2.24) is 14.7 Å². The van der Waals surface area contributed by atoms with Crippen molar-refractivity contribution in [3.63, 3.8) is 0 Å². The number of nitrogens with zero attached hydrogens (tertiary/aromatic N) is 3. The van der Waals surface area contributed by atoms with Crippen LogP contribution in [-0.4, -0.2) is 79.6 Å². The van der Waals surface area contributed by atoms with E-state index in [0.29, 0.717) is 11.8 Å². The molecule has 6 heteroatoms. The first-order valence-corrected chi connectivity index (χ1v) is 10.8. The van der Waals surface area contributed by atoms with Crippen LogP contribution >= 0.6 is 0 Å². The molecule has 160 valence electrons. The quantitative estimate of drug-likeness (QED) is 0.734. The molecule has 0 radical (unpaired) electrons. The van der Waals surface area contributed by atoms with Crippen molar-refractivity contribution in [2.24, 2.45) is 0 Å². The van der Waals surface area contributed by atoms with E-state index in [9.17, 15) is 4.79 Å². The van der Waals surface area contributed by atoms with Gasteiger partial charge in [0, 0.05) is 45.3 Å². The third kappa shape index (κ3) is 5.52. The number of ether oxygens (including phenoxy) is 2. The van der Waals surface area contributed by atoms with Crippen LogP contribution in [0, 0.1) is 0 Å². The minimum atomic E-state index is 0.0661. The smallest absolute Gasteiger partial charge is 0.260 e. The fourth-order valence-electron chi connectivity index (χ4n) is 4.13. The molecule has 2 aliphatic rings. The zero-order valence-electron chi connectivity index (χ0n) is 17.7. The maximum atomic E-state index is 12.6. The van der Waals surface area contributed by atoms with Gasteiger partial charge in [0.2, 0.25) is 0 Å². The molecular formula is C24H31N3O3. The van der Waals surface area contributed by atoms with E-state index in [0.717, 1.165) is 63.6 Å². The highest BCUT2D eigenvalue weighted by molar-refractivity contribution is 5.77. The summed E-state index contributed by atoms with van der Waals surface area (Å²) >= 11 is 0. The summed E-state index contributed by atoms with van der Waals surface area (Å²) in [6, 6.07) is 17.7. The van der Waals surface area contributed by atoms with E-state index in [-0.39, 0.29) is 12.5 Å². The number of likely N-dealkylation sites (tertiary alicyclic amines) is 1. The van der Waals surface area contributed by atoms with Gasteiger partial charge in [-0.05, 0) is 56.3 Å². The topological polar surface area (TPSA) is 45.2 Å². The van der Waals surface area contributed by atoms with E-state index in [1.165, 1.54) is 0 Å². The lowest BCUT2D eigenvalue weighted by atomic mass is 10.0. The minimum Gasteiger partial charge on any atom is -0.484 e. The van der Waals surface area contributed by atoms with E-state index in [1.54, 1.807) is 0 Å². The maximum absolute atomic E-state index is 12.6. The van der Waals surface area contributed by atoms with Crippen LogP contribution in [0.2, 0.25) is 0 Å². The van der Waals surface area contributed by atoms with Crippen molar-refractivity contribution in [2.45, 2.75) is 18.9 Å². The van der Waals surface area contributed by atoms with Gasteiger partial charge in [0.15, 0.2) is 6.61 Å². The summed E-state index contributed by atoms with van der Waals surface area (Å²) in [5, 5.41) is 0. The standard InChI is InChI=1S/C24H31N3O3/c1-25-15-17-26(18-16-25)20-11-13-27(14-12-20)24(28)19-29-21-7-9-23(10-8-21)30-22-5-3-2-4-6-22/h2-10,20H,11-19H2,1H3. The van der Waals surface area contributed by atoms with Crippen LogP contribution in [0.4, 0.5) is 0 Å². The number of piperidine rings is 1. The number of piperazine rings is 1. The van der Waals surface area contributed by atoms with Gasteiger partial charge in [-0.2, -0.15) is 0 Å². The second kappa shape index (κ2) is 9.96. The van der Waals surface area contributed by atoms with Crippen LogP contribution in [0.5, 0.6) is 17.2 Å². The molecular weight excluding hydrogens is 378 g/mol. The highest BCUT2D eigenvalue weighted by Crippen LogP contribution is 2.24. The third-order valence-corrected chi connectivity index (χ3v) is 6.04. The average molecular weight is 410 g/mol. The van der Waals surface area contributed by atoms with Crippen LogP contribution in [0.1, 0.15) is 12.8 Å². The van der Waals surface area contributed by atoms with Gasteiger partial charge in [0.25, 0.3) is 5.91 Å². The second-order valence-corrected chi connectivity index (χ2v) is 8.13. The summed E-state index contributed by atoms with van der Waals surface area (Å²) in [5.41, 5.74) is 0. The van der Waals surface area contributed by atoms with Crippen molar-refractivity contribution in [3.05, 3.63) is 54.6 Å². The predicted octanol–water partition coefficient (Wildman–Crippen LogP) is 3.10. The fourth-order valence-corrected chi connectivity index (χ4v) is 4.13. The Morgan fingerprint density at radius 2 is 1.43 bits per heavy atom. The summed E-state index contributed by atoms with van der Waals surface area (Å²) in [4.78, 5) is 19.5. The van der Waals surface area contributed by atoms with Gasteiger partial charge >= 0.3 is 0 Å². The number of carbonyl (C=O) groups is 1. The first-order chi connectivity index (χ1) is 14.7. The average Bonchev–Trinajstić information content (AvgIpc) is 2.80. The Balaban J connectivity index is 1.19. The molecule has 2 aliphatic heterocycles. The third-order valence-electron chi connectivity index (χ3n) is 6.04. The number of hydrogen-bond acceptors (Lipinski definition) is 5. The molecule has 0 aromatic heterocycles. The van der Waals surface area contributed by atoms with E-state index in [4.69, 9.17) is 9.47 Å². The summed E-state index contributed by atoms with van der Waals surface area (Å²) in [6.45, 7) is 6.29. The van der Waals surface area contributed by atoms with Crippen molar-refractivity contribution < 1.29 is 14.3 Å². The Kier molecular flexibility index (Phi) is 6.87. The molecule has 0 spiro atoms. The molecule has 2 heterocycles. The highest BCUT2D eigenvalue weighted by atomic mass is 16.5. The zero-order chi connectivity index (χ0) is 20.8. The molecule has 2 fully saturated rings. The Hall–Kier alpha value is -2.57. The summed E-state index contributed by atoms with van der Waals surface area (Å²) < 4.78 is 11.5. The molecule has 0 bridgehead atoms. The normalized spacial score (nSPS) is 18.9. The molecule has 1 amide bonds. The molecule has 2 aromatic carbocycles. The van der Waals surface area contributed by atoms with Gasteiger partial charge in [-0.25, -0.2) is 0 Å². The van der Waals surface area contributed by atoms with Gasteiger partial charge in [-0.3, -0.25) is 9.69 Å². The van der Waals surface area contributed by atoms with Crippen LogP contribution in [0.3, 0.4) is 0 Å². The van der Waals surface area contributed by atoms with E-state index < -0.39 is 0 Å². The molecule has 2 aromatic rings. The highest BCUT2D eigenvalue weighted by Gasteiger charge is 2.28. The summed E-state index contributed by atoms with van der Waals surface area (Å²) in [7, 11) is 2.18. The predicted molar refractivity (Wildman–Crippen MR) is 117 cm³/mol. The number of amides is 1. The fraction of sp³-hybridized carbons (Fsp3) is 0.458. The number of carbonyl (C=O) groups excluding carboxylic acids is 1. The van der Waals surface area contributed by atoms with Gasteiger partial charge < -0.3 is 19.3 Å². The number of benzene rings is 2. The lowest BCUT2D eigenvalue weighted by Crippen LogP contribution is -2.53. The van der Waals surface area contributed by atoms with Crippen LogP contribution in [0.25, 0.3) is 0 Å². The molecule has 0 N–H and O–H groups in total. The molecule has 0 saturated carbocycles. The Bertz CT molecular complexity index is 796. The van der Waals surface area contributed by atoms with Crippen LogP contribution in [-0.2, 0) is 4.79 Å². The zero-order valence-corrected chi connectivity index (χ0v) is 17.7. The molecule has 6 nitrogen and oxygen atoms in total. The van der Waals surface area contributed by atoms with Gasteiger partial charge in [-0.15, -0.1) is 0 Å². The van der Waals surface area contributed by atoms with E-state index in [2.05, 4.69) is 16.8 Å². The van der Waals surface area contributed by atoms with Crippen molar-refractivity contribution >= 4 is 5.91 Å². The monoisotopic (exact) mass is 409 g/mol. The number of hydrogen-bond donors (Lipinski definition) is 0. The molecule has 0 atom stereocenters. The summed E-state index contributed by atoms with van der Waals surface area (Å²) in [5.74, 6) is 2.28. The number of para-hydroxylation sites is 1. The van der Waals surface area contributed by atoms with E-state index >= 15 is 0 Å². The lowest BCUT2D eigenvalue weighted by molar-refractivity contribution is -0.135. The second-order valence-electron chi connectivity index (χ2n) is 8.13. The molecule has 0 aliphatic carbocycles. The van der Waals surface area contributed by atoms with Crippen molar-refractivity contribution in [2.75, 3.05) is 52.9 Å². The van der Waals surface area contributed by atoms with Crippen LogP contribution < -0.4 is 9.47 Å². The van der Waals surface area contributed by atoms with Gasteiger partial charge in [0.05, 0.1) is 0 Å². The molecule has 0 unspecified atom stereocenters. The minimum absolute atomic E-state index is 0.0661. The SMILES string of the molecule is CN1CCN(C2CCN(C(=O)COc3ccc(Oc4ccccc4)cc3)CC2)CC1. The Morgan fingerprint density at radius 1 is 0.833 bits per heavy atom. The molecule has 30 heavy (non-hydrogen) atoms.